The van der Waals surface area contributed by atoms with Gasteiger partial charge in [0.05, 0.1) is 15.2 Å². The second-order valence-electron chi connectivity index (χ2n) is 2.78. The molecule has 0 N–H and O–H groups in total. The summed E-state index contributed by atoms with van der Waals surface area (Å²) in [7, 11) is 0. The van der Waals surface area contributed by atoms with Crippen LogP contribution in [0.3, 0.4) is 0 Å². The van der Waals surface area contributed by atoms with Gasteiger partial charge in [-0.25, -0.2) is 4.98 Å². The van der Waals surface area contributed by atoms with E-state index in [1.807, 2.05) is 19.1 Å². The first-order chi connectivity index (χ1) is 6.20. The summed E-state index contributed by atoms with van der Waals surface area (Å²) < 4.78 is 1.11. The molecule has 0 saturated carbocycles. The summed E-state index contributed by atoms with van der Waals surface area (Å²) >= 11 is 13.4. The molecule has 13 heavy (non-hydrogen) atoms. The number of thiazole rings is 1. The molecule has 0 aliphatic carbocycles. The fourth-order valence-electron chi connectivity index (χ4n) is 1.27. The fourth-order valence-corrected chi connectivity index (χ4v) is 2.70. The Morgan fingerprint density at radius 1 is 1.46 bits per heavy atom. The molecule has 0 spiro atoms. The van der Waals surface area contributed by atoms with Gasteiger partial charge in [-0.3, -0.25) is 0 Å². The second kappa shape index (κ2) is 3.45. The Morgan fingerprint density at radius 3 is 2.92 bits per heavy atom. The van der Waals surface area contributed by atoms with Crippen LogP contribution in [0.2, 0.25) is 5.02 Å². The van der Waals surface area contributed by atoms with Crippen LogP contribution in [0.5, 0.6) is 0 Å². The Kier molecular flexibility index (Phi) is 2.45. The number of halogens is 2. The van der Waals surface area contributed by atoms with Gasteiger partial charge in [0.1, 0.15) is 0 Å². The largest absolute Gasteiger partial charge is 0.241 e. The van der Waals surface area contributed by atoms with Crippen molar-refractivity contribution < 1.29 is 0 Å². The van der Waals surface area contributed by atoms with Gasteiger partial charge in [0, 0.05) is 10.9 Å². The van der Waals surface area contributed by atoms with Crippen LogP contribution in [0.25, 0.3) is 10.2 Å². The standard InChI is InChI=1S/C9H7Cl2NS/c1-5-12-9-6(4-10)2-7(11)3-8(9)13-5/h2-3H,4H2,1H3. The summed E-state index contributed by atoms with van der Waals surface area (Å²) in [6, 6.07) is 3.80. The van der Waals surface area contributed by atoms with Crippen LogP contribution in [0.4, 0.5) is 0 Å². The van der Waals surface area contributed by atoms with E-state index in [9.17, 15) is 0 Å². The molecule has 0 fully saturated rings. The van der Waals surface area contributed by atoms with Gasteiger partial charge in [0.15, 0.2) is 0 Å². The van der Waals surface area contributed by atoms with E-state index in [-0.39, 0.29) is 0 Å². The molecule has 0 radical (unpaired) electrons. The lowest BCUT2D eigenvalue weighted by molar-refractivity contribution is 1.31. The van der Waals surface area contributed by atoms with Gasteiger partial charge in [-0.2, -0.15) is 0 Å². The molecular weight excluding hydrogens is 225 g/mol. The van der Waals surface area contributed by atoms with E-state index < -0.39 is 0 Å². The normalized spacial score (nSPS) is 11.0. The van der Waals surface area contributed by atoms with Gasteiger partial charge in [0.2, 0.25) is 0 Å². The first kappa shape index (κ1) is 9.25. The molecule has 1 aromatic carbocycles. The van der Waals surface area contributed by atoms with E-state index in [0.29, 0.717) is 5.88 Å². The maximum atomic E-state index is 5.93. The number of hydrogen-bond acceptors (Lipinski definition) is 2. The average Bonchev–Trinajstić information content (AvgIpc) is 2.43. The highest BCUT2D eigenvalue weighted by atomic mass is 35.5. The van der Waals surface area contributed by atoms with Crippen LogP contribution < -0.4 is 0 Å². The smallest absolute Gasteiger partial charge is 0.0907 e. The van der Waals surface area contributed by atoms with Gasteiger partial charge in [-0.1, -0.05) is 11.6 Å². The van der Waals surface area contributed by atoms with Crippen molar-refractivity contribution in [2.75, 3.05) is 0 Å². The molecule has 0 atom stereocenters. The lowest BCUT2D eigenvalue weighted by Crippen LogP contribution is -1.81. The Labute approximate surface area is 90.3 Å². The van der Waals surface area contributed by atoms with Gasteiger partial charge in [0.25, 0.3) is 0 Å². The monoisotopic (exact) mass is 231 g/mol. The van der Waals surface area contributed by atoms with E-state index in [4.69, 9.17) is 23.2 Å². The van der Waals surface area contributed by atoms with Crippen molar-refractivity contribution in [1.29, 1.82) is 0 Å². The maximum Gasteiger partial charge on any atom is 0.0907 e. The minimum absolute atomic E-state index is 0.459. The third-order valence-corrected chi connectivity index (χ3v) is 3.21. The van der Waals surface area contributed by atoms with Gasteiger partial charge < -0.3 is 0 Å². The zero-order valence-electron chi connectivity index (χ0n) is 6.97. The van der Waals surface area contributed by atoms with Crippen molar-refractivity contribution >= 4 is 44.8 Å². The zero-order chi connectivity index (χ0) is 9.42. The number of alkyl halides is 1. The number of aryl methyl sites for hydroxylation is 1. The van der Waals surface area contributed by atoms with Crippen LogP contribution in [-0.4, -0.2) is 4.98 Å². The summed E-state index contributed by atoms with van der Waals surface area (Å²) in [6.07, 6.45) is 0. The summed E-state index contributed by atoms with van der Waals surface area (Å²) in [5, 5.41) is 1.77. The lowest BCUT2D eigenvalue weighted by atomic mass is 10.2. The molecule has 1 nitrogen and oxygen atoms in total. The minimum atomic E-state index is 0.459. The van der Waals surface area contributed by atoms with E-state index in [1.165, 1.54) is 0 Å². The lowest BCUT2D eigenvalue weighted by Gasteiger charge is -1.97. The highest BCUT2D eigenvalue weighted by Gasteiger charge is 2.06. The summed E-state index contributed by atoms with van der Waals surface area (Å²) in [5.74, 6) is 0.459. The Morgan fingerprint density at radius 2 is 2.23 bits per heavy atom. The first-order valence-electron chi connectivity index (χ1n) is 3.82. The molecule has 0 bridgehead atoms. The Balaban J connectivity index is 2.80. The molecular formula is C9H7Cl2NS. The van der Waals surface area contributed by atoms with E-state index in [1.54, 1.807) is 11.3 Å². The highest BCUT2D eigenvalue weighted by molar-refractivity contribution is 7.18. The van der Waals surface area contributed by atoms with Gasteiger partial charge in [-0.05, 0) is 24.6 Å². The molecule has 68 valence electrons. The van der Waals surface area contributed by atoms with Crippen LogP contribution in [-0.2, 0) is 5.88 Å². The molecule has 2 rings (SSSR count). The average molecular weight is 232 g/mol. The van der Waals surface area contributed by atoms with E-state index in [2.05, 4.69) is 4.98 Å². The van der Waals surface area contributed by atoms with Crippen molar-refractivity contribution in [3.63, 3.8) is 0 Å². The quantitative estimate of drug-likeness (QED) is 0.677. The minimum Gasteiger partial charge on any atom is -0.241 e. The summed E-state index contributed by atoms with van der Waals surface area (Å²) in [5.41, 5.74) is 2.00. The molecule has 2 aromatic rings. The highest BCUT2D eigenvalue weighted by Crippen LogP contribution is 2.29. The predicted molar refractivity (Wildman–Crippen MR) is 58.9 cm³/mol. The van der Waals surface area contributed by atoms with Crippen molar-refractivity contribution in [2.24, 2.45) is 0 Å². The van der Waals surface area contributed by atoms with Crippen LogP contribution in [0.15, 0.2) is 12.1 Å². The van der Waals surface area contributed by atoms with Crippen LogP contribution >= 0.6 is 34.5 Å². The molecule has 0 saturated heterocycles. The summed E-state index contributed by atoms with van der Waals surface area (Å²) in [6.45, 7) is 1.98. The molecule has 1 aromatic heterocycles. The SMILES string of the molecule is Cc1nc2c(CCl)cc(Cl)cc2s1. The molecule has 4 heteroatoms. The molecule has 0 amide bonds. The topological polar surface area (TPSA) is 12.9 Å². The number of benzene rings is 1. The third kappa shape index (κ3) is 1.66. The molecule has 1 heterocycles. The second-order valence-corrected chi connectivity index (χ2v) is 4.72. The van der Waals surface area contributed by atoms with Crippen LogP contribution in [0.1, 0.15) is 10.6 Å². The molecule has 0 unspecified atom stereocenters. The maximum absolute atomic E-state index is 5.93. The van der Waals surface area contributed by atoms with E-state index in [0.717, 1.165) is 25.8 Å². The van der Waals surface area contributed by atoms with Gasteiger partial charge in [-0.15, -0.1) is 22.9 Å². The van der Waals surface area contributed by atoms with Crippen molar-refractivity contribution in [3.8, 4) is 0 Å². The predicted octanol–water partition coefficient (Wildman–Crippen LogP) is 4.00. The van der Waals surface area contributed by atoms with Crippen LogP contribution in [0, 0.1) is 6.92 Å². The fraction of sp³-hybridized carbons (Fsp3) is 0.222. The summed E-state index contributed by atoms with van der Waals surface area (Å²) in [4.78, 5) is 4.40. The van der Waals surface area contributed by atoms with Crippen molar-refractivity contribution in [3.05, 3.63) is 27.7 Å². The number of aromatic nitrogens is 1. The van der Waals surface area contributed by atoms with Gasteiger partial charge >= 0.3 is 0 Å². The number of nitrogens with zero attached hydrogens (tertiary/aromatic N) is 1. The first-order valence-corrected chi connectivity index (χ1v) is 5.55. The van der Waals surface area contributed by atoms with E-state index >= 15 is 0 Å². The Hall–Kier alpha value is -0.310. The number of rotatable bonds is 1. The van der Waals surface area contributed by atoms with Crippen molar-refractivity contribution in [1.82, 2.24) is 4.98 Å². The molecule has 0 aliphatic rings. The number of fused-ring (bicyclic) bond motifs is 1. The number of hydrogen-bond donors (Lipinski definition) is 0. The zero-order valence-corrected chi connectivity index (χ0v) is 9.30. The van der Waals surface area contributed by atoms with Crippen molar-refractivity contribution in [2.45, 2.75) is 12.8 Å². The Bertz CT molecular complexity index is 450. The molecule has 0 aliphatic heterocycles. The third-order valence-electron chi connectivity index (χ3n) is 1.79.